The molecule has 1 heterocycles. The molecular weight excluding hydrogens is 472 g/mol. The fraction of sp³-hybridized carbons (Fsp3) is 0.160. The van der Waals surface area contributed by atoms with E-state index in [9.17, 15) is 14.4 Å². The van der Waals surface area contributed by atoms with Gasteiger partial charge < -0.3 is 9.64 Å². The first-order chi connectivity index (χ1) is 15.5. The largest absolute Gasteiger partial charge is 0.497 e. The summed E-state index contributed by atoms with van der Waals surface area (Å²) < 4.78 is 6.09. The van der Waals surface area contributed by atoms with Crippen LogP contribution in [0.1, 0.15) is 22.3 Å². The molecule has 0 radical (unpaired) electrons. The van der Waals surface area contributed by atoms with Crippen molar-refractivity contribution in [2.24, 2.45) is 0 Å². The number of amides is 3. The predicted molar refractivity (Wildman–Crippen MR) is 124 cm³/mol. The summed E-state index contributed by atoms with van der Waals surface area (Å²) in [5.74, 6) is -0.541. The van der Waals surface area contributed by atoms with Crippen molar-refractivity contribution in [1.29, 1.82) is 0 Å². The molecule has 1 saturated heterocycles. The first-order valence-corrected chi connectivity index (χ1v) is 10.9. The van der Waals surface area contributed by atoms with E-state index in [4.69, 9.17) is 4.74 Å². The maximum atomic E-state index is 13.5. The van der Waals surface area contributed by atoms with Crippen LogP contribution in [-0.2, 0) is 16.1 Å². The number of benzene rings is 3. The number of ether oxygens (including phenoxy) is 1. The van der Waals surface area contributed by atoms with Gasteiger partial charge in [0.2, 0.25) is 5.91 Å². The maximum Gasteiger partial charge on any atom is 0.257 e. The third kappa shape index (κ3) is 4.43. The van der Waals surface area contributed by atoms with Crippen LogP contribution >= 0.6 is 15.9 Å². The smallest absolute Gasteiger partial charge is 0.257 e. The normalized spacial score (nSPS) is 15.7. The van der Waals surface area contributed by atoms with Gasteiger partial charge in [-0.05, 0) is 48.0 Å². The van der Waals surface area contributed by atoms with Crippen LogP contribution in [0.2, 0.25) is 0 Å². The Bertz CT molecular complexity index is 1150. The van der Waals surface area contributed by atoms with Gasteiger partial charge in [-0.1, -0.05) is 52.3 Å². The van der Waals surface area contributed by atoms with Gasteiger partial charge in [-0.2, -0.15) is 0 Å². The molecule has 6 nitrogen and oxygen atoms in total. The van der Waals surface area contributed by atoms with Gasteiger partial charge >= 0.3 is 0 Å². The average molecular weight is 493 g/mol. The van der Waals surface area contributed by atoms with Crippen molar-refractivity contribution in [3.63, 3.8) is 0 Å². The minimum absolute atomic E-state index is 0.0720. The van der Waals surface area contributed by atoms with Gasteiger partial charge in [-0.3, -0.25) is 14.4 Å². The quantitative estimate of drug-likeness (QED) is 0.477. The third-order valence-corrected chi connectivity index (χ3v) is 5.89. The summed E-state index contributed by atoms with van der Waals surface area (Å²) in [6.07, 6.45) is -0.0720. The maximum absolute atomic E-state index is 13.5. The van der Waals surface area contributed by atoms with Crippen LogP contribution in [0.15, 0.2) is 83.3 Å². The summed E-state index contributed by atoms with van der Waals surface area (Å²) in [7, 11) is 1.53. The zero-order valence-electron chi connectivity index (χ0n) is 17.4. The molecule has 0 bridgehead atoms. The number of rotatable bonds is 6. The van der Waals surface area contributed by atoms with E-state index in [1.54, 1.807) is 48.5 Å². The van der Waals surface area contributed by atoms with Crippen molar-refractivity contribution in [2.45, 2.75) is 19.0 Å². The van der Waals surface area contributed by atoms with Gasteiger partial charge in [-0.25, -0.2) is 4.90 Å². The number of nitrogens with zero attached hydrogens (tertiary/aromatic N) is 2. The van der Waals surface area contributed by atoms with Crippen LogP contribution in [0.25, 0.3) is 0 Å². The van der Waals surface area contributed by atoms with E-state index in [0.717, 1.165) is 14.9 Å². The molecular formula is C25H21BrN2O4. The molecule has 0 saturated carbocycles. The molecule has 1 atom stereocenters. The summed E-state index contributed by atoms with van der Waals surface area (Å²) in [5.41, 5.74) is 1.74. The van der Waals surface area contributed by atoms with E-state index in [1.165, 1.54) is 12.0 Å². The molecule has 0 N–H and O–H groups in total. The molecule has 32 heavy (non-hydrogen) atoms. The van der Waals surface area contributed by atoms with Crippen LogP contribution in [0.3, 0.4) is 0 Å². The topological polar surface area (TPSA) is 66.9 Å². The van der Waals surface area contributed by atoms with E-state index in [0.29, 0.717) is 17.0 Å². The number of imide groups is 1. The molecule has 7 heteroatoms. The highest BCUT2D eigenvalue weighted by atomic mass is 79.9. The Balaban J connectivity index is 1.69. The molecule has 0 spiro atoms. The highest BCUT2D eigenvalue weighted by Gasteiger charge is 2.44. The van der Waals surface area contributed by atoms with E-state index < -0.39 is 11.9 Å². The number of anilines is 1. The van der Waals surface area contributed by atoms with Crippen molar-refractivity contribution in [3.05, 3.63) is 94.5 Å². The molecule has 3 amide bonds. The summed E-state index contributed by atoms with van der Waals surface area (Å²) in [5, 5.41) is 0. The summed E-state index contributed by atoms with van der Waals surface area (Å²) in [4.78, 5) is 42.4. The fourth-order valence-electron chi connectivity index (χ4n) is 3.75. The Labute approximate surface area is 194 Å². The first-order valence-electron chi connectivity index (χ1n) is 10.1. The Kier molecular flexibility index (Phi) is 6.37. The second-order valence-electron chi connectivity index (χ2n) is 7.41. The predicted octanol–water partition coefficient (Wildman–Crippen LogP) is 4.43. The van der Waals surface area contributed by atoms with Crippen LogP contribution < -0.4 is 9.64 Å². The zero-order chi connectivity index (χ0) is 22.7. The Morgan fingerprint density at radius 3 is 2.44 bits per heavy atom. The standard InChI is InChI=1S/C25H21BrN2O4/c1-32-21-9-5-8-18(14-21)24(30)27(16-17-6-3-2-4-7-17)22-15-23(29)28(25(22)31)20-12-10-19(26)11-13-20/h2-14,22H,15-16H2,1H3. The Hall–Kier alpha value is -3.45. The van der Waals surface area contributed by atoms with Crippen LogP contribution in [-0.4, -0.2) is 35.8 Å². The molecule has 1 aliphatic heterocycles. The van der Waals surface area contributed by atoms with Gasteiger partial charge in [-0.15, -0.1) is 0 Å². The molecule has 0 aliphatic carbocycles. The number of hydrogen-bond acceptors (Lipinski definition) is 4. The lowest BCUT2D eigenvalue weighted by Gasteiger charge is -2.28. The lowest BCUT2D eigenvalue weighted by Crippen LogP contribution is -2.45. The van der Waals surface area contributed by atoms with Gasteiger partial charge in [0.1, 0.15) is 11.8 Å². The molecule has 1 fully saturated rings. The van der Waals surface area contributed by atoms with Crippen LogP contribution in [0.5, 0.6) is 5.75 Å². The van der Waals surface area contributed by atoms with Gasteiger partial charge in [0.25, 0.3) is 11.8 Å². The van der Waals surface area contributed by atoms with Crippen LogP contribution in [0, 0.1) is 0 Å². The van der Waals surface area contributed by atoms with Gasteiger partial charge in [0, 0.05) is 16.6 Å². The van der Waals surface area contributed by atoms with Crippen molar-refractivity contribution >= 4 is 39.3 Å². The fourth-order valence-corrected chi connectivity index (χ4v) is 4.01. The second-order valence-corrected chi connectivity index (χ2v) is 8.33. The molecule has 3 aromatic rings. The summed E-state index contributed by atoms with van der Waals surface area (Å²) in [6, 6.07) is 22.2. The second kappa shape index (κ2) is 9.36. The first kappa shape index (κ1) is 21.8. The molecule has 3 aromatic carbocycles. The number of methoxy groups -OCH3 is 1. The van der Waals surface area contributed by atoms with Crippen molar-refractivity contribution in [3.8, 4) is 5.75 Å². The Morgan fingerprint density at radius 1 is 1.03 bits per heavy atom. The lowest BCUT2D eigenvalue weighted by atomic mass is 10.1. The number of hydrogen-bond donors (Lipinski definition) is 0. The Morgan fingerprint density at radius 2 is 1.75 bits per heavy atom. The summed E-state index contributed by atoms with van der Waals surface area (Å²) >= 11 is 3.36. The highest BCUT2D eigenvalue weighted by Crippen LogP contribution is 2.29. The van der Waals surface area contributed by atoms with E-state index >= 15 is 0 Å². The van der Waals surface area contributed by atoms with Gasteiger partial charge in [0.15, 0.2) is 0 Å². The molecule has 162 valence electrons. The lowest BCUT2D eigenvalue weighted by molar-refractivity contribution is -0.122. The summed E-state index contributed by atoms with van der Waals surface area (Å²) in [6.45, 7) is 0.203. The molecule has 4 rings (SSSR count). The van der Waals surface area contributed by atoms with Crippen molar-refractivity contribution in [2.75, 3.05) is 12.0 Å². The van der Waals surface area contributed by atoms with Crippen molar-refractivity contribution in [1.82, 2.24) is 4.90 Å². The van der Waals surface area contributed by atoms with Gasteiger partial charge in [0.05, 0.1) is 19.2 Å². The minimum atomic E-state index is -0.898. The monoisotopic (exact) mass is 492 g/mol. The minimum Gasteiger partial charge on any atom is -0.497 e. The molecule has 1 aliphatic rings. The number of carbonyl (C=O) groups excluding carboxylic acids is 3. The van der Waals surface area contributed by atoms with E-state index in [2.05, 4.69) is 15.9 Å². The van der Waals surface area contributed by atoms with E-state index in [-0.39, 0.29) is 24.8 Å². The highest BCUT2D eigenvalue weighted by molar-refractivity contribution is 9.10. The SMILES string of the molecule is COc1cccc(C(=O)N(Cc2ccccc2)C2CC(=O)N(c3ccc(Br)cc3)C2=O)c1. The third-order valence-electron chi connectivity index (χ3n) is 5.36. The number of carbonyl (C=O) groups is 3. The van der Waals surface area contributed by atoms with Crippen molar-refractivity contribution < 1.29 is 19.1 Å². The van der Waals surface area contributed by atoms with Crippen LogP contribution in [0.4, 0.5) is 5.69 Å². The molecule has 1 unspecified atom stereocenters. The van der Waals surface area contributed by atoms with E-state index in [1.807, 2.05) is 30.3 Å². The number of halogens is 1. The average Bonchev–Trinajstić information content (AvgIpc) is 3.12. The molecule has 0 aromatic heterocycles. The zero-order valence-corrected chi connectivity index (χ0v) is 19.0.